The van der Waals surface area contributed by atoms with Gasteiger partial charge in [0.1, 0.15) is 16.5 Å². The van der Waals surface area contributed by atoms with E-state index in [1.54, 1.807) is 29.5 Å². The van der Waals surface area contributed by atoms with Crippen molar-refractivity contribution in [3.63, 3.8) is 0 Å². The molecule has 6 atom stereocenters. The summed E-state index contributed by atoms with van der Waals surface area (Å²) < 4.78 is 16.5. The molecule has 1 aromatic heterocycles. The van der Waals surface area contributed by atoms with Gasteiger partial charge < -0.3 is 34.9 Å². The van der Waals surface area contributed by atoms with Gasteiger partial charge in [-0.25, -0.2) is 4.98 Å². The molecule has 1 aliphatic heterocycles. The number of carbonyl (C=O) groups is 5. The zero-order chi connectivity index (χ0) is 46.5. The second-order valence-electron chi connectivity index (χ2n) is 16.8. The number of aromatic nitrogens is 1. The number of benzene rings is 1. The van der Waals surface area contributed by atoms with E-state index in [0.717, 1.165) is 44.2 Å². The number of carbonyl (C=O) groups excluding carboxylic acids is 5. The predicted octanol–water partition coefficient (Wildman–Crippen LogP) is 7.25. The molecule has 1 saturated heterocycles. The largest absolute Gasteiger partial charge is 0.506 e. The van der Waals surface area contributed by atoms with Crippen LogP contribution in [-0.4, -0.2) is 121 Å². The highest BCUT2D eigenvalue weighted by Crippen LogP contribution is 2.33. The lowest BCUT2D eigenvalue weighted by atomic mass is 9.83. The summed E-state index contributed by atoms with van der Waals surface area (Å²) in [4.78, 5) is 77.8. The molecular formula is C45H70N8O9S. The molecule has 350 valence electrons. The van der Waals surface area contributed by atoms with E-state index in [0.29, 0.717) is 24.5 Å². The average Bonchev–Trinajstić information content (AvgIpc) is 3.75. The third-order valence-corrected chi connectivity index (χ3v) is 12.6. The molecule has 3 N–H and O–H groups in total. The van der Waals surface area contributed by atoms with Crippen LogP contribution in [-0.2, 0) is 39.8 Å². The molecule has 0 saturated carbocycles. The van der Waals surface area contributed by atoms with E-state index in [1.807, 2.05) is 41.7 Å². The average molecular weight is 899 g/mol. The molecular weight excluding hydrogens is 829 g/mol. The van der Waals surface area contributed by atoms with Gasteiger partial charge in [-0.05, 0) is 74.3 Å². The SMILES string of the molecule is CCC[C@@H](Cc1ccc(O)c(NC(=O)CCOCCOCCN=[N+]=[N-])c1)NC(=O)c1csc([C@@H](C[C@H](C(C)C)N(C)C(=O)[C@@H](CC(=O)[C@H]2CCCCN2C)[C@@H](C)CC)OC(C)=O)n1. The second-order valence-corrected chi connectivity index (χ2v) is 17.7. The van der Waals surface area contributed by atoms with Crippen LogP contribution in [0.4, 0.5) is 5.69 Å². The highest BCUT2D eigenvalue weighted by Gasteiger charge is 2.37. The third kappa shape index (κ3) is 17.5. The number of hydrogen-bond donors (Lipinski definition) is 3. The maximum atomic E-state index is 14.3. The molecule has 0 radical (unpaired) electrons. The van der Waals surface area contributed by atoms with Crippen molar-refractivity contribution in [3.8, 4) is 5.75 Å². The first-order valence-electron chi connectivity index (χ1n) is 22.3. The summed E-state index contributed by atoms with van der Waals surface area (Å²) in [5.74, 6) is -1.89. The van der Waals surface area contributed by atoms with Crippen LogP contribution in [0.25, 0.3) is 10.4 Å². The summed E-state index contributed by atoms with van der Waals surface area (Å²) in [6.45, 7) is 13.5. The number of azide groups is 1. The van der Waals surface area contributed by atoms with E-state index in [1.165, 1.54) is 24.3 Å². The lowest BCUT2D eigenvalue weighted by molar-refractivity contribution is -0.149. The number of nitrogens with one attached hydrogen (secondary N) is 2. The fraction of sp³-hybridized carbons (Fsp3) is 0.689. The van der Waals surface area contributed by atoms with Crippen LogP contribution in [0.3, 0.4) is 0 Å². The number of piperidine rings is 1. The third-order valence-electron chi connectivity index (χ3n) is 11.7. The lowest BCUT2D eigenvalue weighted by Crippen LogP contribution is -2.48. The molecule has 1 fully saturated rings. The minimum atomic E-state index is -0.824. The Morgan fingerprint density at radius 2 is 1.83 bits per heavy atom. The summed E-state index contributed by atoms with van der Waals surface area (Å²) >= 11 is 1.21. The molecule has 0 aliphatic carbocycles. The van der Waals surface area contributed by atoms with Gasteiger partial charge >= 0.3 is 5.97 Å². The van der Waals surface area contributed by atoms with E-state index < -0.39 is 23.9 Å². The molecule has 1 aromatic carbocycles. The topological polar surface area (TPSA) is 225 Å². The number of likely N-dealkylation sites (tertiary alicyclic amines) is 1. The van der Waals surface area contributed by atoms with Crippen molar-refractivity contribution in [2.75, 3.05) is 58.9 Å². The minimum Gasteiger partial charge on any atom is -0.506 e. The predicted molar refractivity (Wildman–Crippen MR) is 242 cm³/mol. The fourth-order valence-corrected chi connectivity index (χ4v) is 8.73. The van der Waals surface area contributed by atoms with Crippen LogP contribution in [0.2, 0.25) is 0 Å². The number of Topliss-reactive ketones (excluding diaryl/α,β-unsaturated/α-hetero) is 1. The van der Waals surface area contributed by atoms with Crippen LogP contribution in [0.15, 0.2) is 28.7 Å². The van der Waals surface area contributed by atoms with Crippen LogP contribution in [0.1, 0.15) is 126 Å². The number of ketones is 1. The highest BCUT2D eigenvalue weighted by molar-refractivity contribution is 7.09. The number of likely N-dealkylation sites (N-methyl/N-ethyl adjacent to an activating group) is 1. The first-order chi connectivity index (χ1) is 30.1. The smallest absolute Gasteiger partial charge is 0.303 e. The van der Waals surface area contributed by atoms with Crippen molar-refractivity contribution in [1.29, 1.82) is 0 Å². The molecule has 3 rings (SSSR count). The van der Waals surface area contributed by atoms with Crippen LogP contribution < -0.4 is 10.6 Å². The molecule has 3 amide bonds. The van der Waals surface area contributed by atoms with Gasteiger partial charge in [-0.2, -0.15) is 0 Å². The summed E-state index contributed by atoms with van der Waals surface area (Å²) in [5.41, 5.74) is 9.48. The van der Waals surface area contributed by atoms with E-state index >= 15 is 0 Å². The number of hydrogen-bond acceptors (Lipinski definition) is 13. The molecule has 2 aromatic rings. The first-order valence-corrected chi connectivity index (χ1v) is 23.2. The van der Waals surface area contributed by atoms with Gasteiger partial charge in [0.2, 0.25) is 11.8 Å². The Morgan fingerprint density at radius 3 is 2.48 bits per heavy atom. The van der Waals surface area contributed by atoms with E-state index in [4.69, 9.17) is 19.7 Å². The van der Waals surface area contributed by atoms with E-state index in [2.05, 4.69) is 30.5 Å². The normalized spacial score (nSPS) is 16.6. The number of nitrogens with zero attached hydrogens (tertiary/aromatic N) is 6. The number of aromatic hydroxyl groups is 1. The summed E-state index contributed by atoms with van der Waals surface area (Å²) in [7, 11) is 3.74. The molecule has 63 heavy (non-hydrogen) atoms. The highest BCUT2D eigenvalue weighted by atomic mass is 32.1. The van der Waals surface area contributed by atoms with Crippen molar-refractivity contribution >= 4 is 46.5 Å². The summed E-state index contributed by atoms with van der Waals surface area (Å²) in [6, 6.07) is 4.07. The van der Waals surface area contributed by atoms with Crippen molar-refractivity contribution in [2.24, 2.45) is 22.9 Å². The Bertz CT molecular complexity index is 1840. The molecule has 18 heteroatoms. The Balaban J connectivity index is 1.68. The summed E-state index contributed by atoms with van der Waals surface area (Å²) in [5, 5.41) is 21.8. The number of rotatable bonds is 28. The summed E-state index contributed by atoms with van der Waals surface area (Å²) in [6.07, 6.45) is 5.10. The number of amides is 3. The lowest BCUT2D eigenvalue weighted by Gasteiger charge is -2.37. The number of ether oxygens (including phenoxy) is 3. The molecule has 1 aliphatic rings. The molecule has 0 unspecified atom stereocenters. The minimum absolute atomic E-state index is 0.0131. The van der Waals surface area contributed by atoms with Gasteiger partial charge in [-0.15, -0.1) is 11.3 Å². The number of esters is 1. The number of phenolic OH excluding ortho intramolecular Hbond substituents is 1. The zero-order valence-electron chi connectivity index (χ0n) is 38.5. The molecule has 0 spiro atoms. The number of anilines is 1. The standard InChI is InChI=1S/C45H70N8O9S/c1-9-13-33(24-32-15-16-39(55)35(25-32)49-42(57)17-20-60-22-23-61-21-18-47-51-46)48-43(58)36-28-63-44(50-36)41(62-31(6)54)27-38(29(3)4)53(8)45(59)34(30(5)10-2)26-40(56)37-14-11-12-19-52(37)7/h15-16,25,28-30,33-34,37-38,41,55H,9-14,17-24,26-27H2,1-8H3,(H,48,58)(H,49,57)/t30-,33-,34-,37+,38+,41+/m0/s1. The number of phenols is 1. The van der Waals surface area contributed by atoms with Gasteiger partial charge in [-0.1, -0.05) is 65.1 Å². The van der Waals surface area contributed by atoms with Gasteiger partial charge in [0, 0.05) is 61.7 Å². The van der Waals surface area contributed by atoms with Gasteiger partial charge in [0.25, 0.3) is 5.91 Å². The van der Waals surface area contributed by atoms with Crippen molar-refractivity contribution in [2.45, 2.75) is 130 Å². The van der Waals surface area contributed by atoms with Gasteiger partial charge in [-0.3, -0.25) is 28.9 Å². The van der Waals surface area contributed by atoms with Crippen molar-refractivity contribution < 1.29 is 43.3 Å². The van der Waals surface area contributed by atoms with Gasteiger partial charge in [0.15, 0.2) is 11.9 Å². The van der Waals surface area contributed by atoms with Crippen molar-refractivity contribution in [3.05, 3.63) is 50.3 Å². The van der Waals surface area contributed by atoms with Gasteiger partial charge in [0.05, 0.1) is 44.6 Å². The van der Waals surface area contributed by atoms with E-state index in [-0.39, 0.29) is 110 Å². The molecule has 0 bridgehead atoms. The first kappa shape index (κ1) is 52.7. The maximum Gasteiger partial charge on any atom is 0.303 e. The molecule has 2 heterocycles. The van der Waals surface area contributed by atoms with Crippen LogP contribution in [0.5, 0.6) is 5.75 Å². The van der Waals surface area contributed by atoms with Crippen molar-refractivity contribution in [1.82, 2.24) is 20.1 Å². The monoisotopic (exact) mass is 898 g/mol. The van der Waals surface area contributed by atoms with Crippen LogP contribution >= 0.6 is 11.3 Å². The second kappa shape index (κ2) is 27.5. The Hall–Kier alpha value is -4.61. The fourth-order valence-electron chi connectivity index (χ4n) is 7.89. The Morgan fingerprint density at radius 1 is 1.10 bits per heavy atom. The quantitative estimate of drug-likeness (QED) is 0.0193. The van der Waals surface area contributed by atoms with E-state index in [9.17, 15) is 29.1 Å². The maximum absolute atomic E-state index is 14.3. The zero-order valence-corrected chi connectivity index (χ0v) is 39.3. The molecule has 17 nitrogen and oxygen atoms in total. The van der Waals surface area contributed by atoms with Crippen LogP contribution in [0, 0.1) is 17.8 Å². The Labute approximate surface area is 376 Å². The number of thiazole rings is 1. The Kier molecular flexibility index (Phi) is 23.1.